The smallest absolute Gasteiger partial charge is 0.167 e. The summed E-state index contributed by atoms with van der Waals surface area (Å²) in [4.78, 5) is 0. The van der Waals surface area contributed by atoms with E-state index >= 15 is 0 Å². The first kappa shape index (κ1) is 11.9. The monoisotopic (exact) mass is 262 g/mol. The molecule has 0 rings (SSSR count). The Morgan fingerprint density at radius 3 is 1.64 bits per heavy atom. The van der Waals surface area contributed by atoms with Crippen molar-refractivity contribution in [1.29, 1.82) is 0 Å². The lowest BCUT2D eigenvalue weighted by Crippen LogP contribution is -2.14. The van der Waals surface area contributed by atoms with Crippen molar-refractivity contribution in [3.05, 3.63) is 10.7 Å². The number of alkyl halides is 3. The summed E-state index contributed by atoms with van der Waals surface area (Å²) in [5.74, 6) is 0. The fraction of sp³-hybridized carbons (Fsp3) is 0.333. The van der Waals surface area contributed by atoms with Crippen LogP contribution in [0.2, 0.25) is 0 Å². The Bertz CT molecular complexity index is 168. The summed E-state index contributed by atoms with van der Waals surface area (Å²) in [5.41, 5.74) is 0. The highest BCUT2D eigenvalue weighted by atomic mass is 35.8. The summed E-state index contributed by atoms with van der Waals surface area (Å²) in [6.45, 7) is 0. The van der Waals surface area contributed by atoms with Gasteiger partial charge in [-0.2, -0.15) is 13.2 Å². The maximum Gasteiger partial charge on any atom is 0.410 e. The van der Waals surface area contributed by atoms with Crippen LogP contribution in [0.3, 0.4) is 0 Å². The highest BCUT2D eigenvalue weighted by Crippen LogP contribution is 2.34. The second-order valence-electron chi connectivity index (χ2n) is 1.53. The van der Waals surface area contributed by atoms with E-state index in [-0.39, 0.29) is 6.08 Å². The summed E-state index contributed by atoms with van der Waals surface area (Å²) < 4.78 is 33.8. The van der Waals surface area contributed by atoms with Gasteiger partial charge in [-0.3, -0.25) is 0 Å². The first-order valence-electron chi connectivity index (χ1n) is 2.15. The van der Waals surface area contributed by atoms with Crippen molar-refractivity contribution in [1.82, 2.24) is 0 Å². The third-order valence-corrected chi connectivity index (χ3v) is 4.91. The molecule has 0 fully saturated rings. The van der Waals surface area contributed by atoms with Gasteiger partial charge in [-0.25, -0.2) is 0 Å². The lowest BCUT2D eigenvalue weighted by Gasteiger charge is -2.06. The van der Waals surface area contributed by atoms with Crippen molar-refractivity contribution in [2.45, 2.75) is 6.18 Å². The average Bonchev–Trinajstić information content (AvgIpc) is 1.56. The Kier molecular flexibility index (Phi) is 4.05. The van der Waals surface area contributed by atoms with Crippen LogP contribution < -0.4 is 0 Å². The molecule has 0 amide bonds. The largest absolute Gasteiger partial charge is 0.410 e. The molecule has 11 heavy (non-hydrogen) atoms. The minimum atomic E-state index is -4.53. The van der Waals surface area contributed by atoms with Crippen LogP contribution in [-0.4, -0.2) is 12.2 Å². The third-order valence-electron chi connectivity index (χ3n) is 0.561. The van der Waals surface area contributed by atoms with E-state index in [0.29, 0.717) is 0 Å². The quantitative estimate of drug-likeness (QED) is 0.498. The third kappa shape index (κ3) is 6.10. The zero-order valence-corrected chi connectivity index (χ0v) is 8.75. The Balaban J connectivity index is 4.49. The van der Waals surface area contributed by atoms with Gasteiger partial charge in [-0.1, -0.05) is 11.6 Å². The highest BCUT2D eigenvalue weighted by Gasteiger charge is 2.35. The lowest BCUT2D eigenvalue weighted by atomic mass is 10.6. The van der Waals surface area contributed by atoms with Gasteiger partial charge in [0.15, 0.2) is 0 Å². The number of rotatable bonds is 1. The molecule has 0 aliphatic rings. The number of allylic oxidation sites excluding steroid dienone is 1. The van der Waals surface area contributed by atoms with Crippen molar-refractivity contribution in [3.63, 3.8) is 0 Å². The molecular weight excluding hydrogens is 263 g/mol. The molecule has 0 spiro atoms. The van der Waals surface area contributed by atoms with E-state index in [1.165, 1.54) is 0 Å². The molecule has 66 valence electrons. The minimum Gasteiger partial charge on any atom is -0.167 e. The SMILES string of the molecule is FC(F)(F)/C=C(\Cl)[Si](Cl)(Cl)Cl. The van der Waals surface area contributed by atoms with Gasteiger partial charge in [0, 0.05) is 6.08 Å². The van der Waals surface area contributed by atoms with Crippen LogP contribution in [0.4, 0.5) is 13.2 Å². The molecule has 8 heteroatoms. The lowest BCUT2D eigenvalue weighted by molar-refractivity contribution is -0.0798. The fourth-order valence-electron chi connectivity index (χ4n) is 0.226. The van der Waals surface area contributed by atoms with E-state index in [4.69, 9.17) is 44.8 Å². The van der Waals surface area contributed by atoms with Gasteiger partial charge in [0.1, 0.15) is 0 Å². The maximum absolute atomic E-state index is 11.5. The molecule has 0 heterocycles. The van der Waals surface area contributed by atoms with Crippen LogP contribution in [0.1, 0.15) is 0 Å². The first-order chi connectivity index (χ1) is 4.63. The molecule has 0 unspecified atom stereocenters. The normalized spacial score (nSPS) is 15.4. The van der Waals surface area contributed by atoms with Crippen molar-refractivity contribution >= 4 is 50.8 Å². The van der Waals surface area contributed by atoms with Crippen molar-refractivity contribution in [2.24, 2.45) is 0 Å². The van der Waals surface area contributed by atoms with Crippen molar-refractivity contribution in [2.75, 3.05) is 0 Å². The molecule has 0 bridgehead atoms. The highest BCUT2D eigenvalue weighted by molar-refractivity contribution is 7.68. The zero-order valence-electron chi connectivity index (χ0n) is 4.72. The summed E-state index contributed by atoms with van der Waals surface area (Å²) >= 11 is 20.5. The minimum absolute atomic E-state index is 0.215. The van der Waals surface area contributed by atoms with Gasteiger partial charge in [0.2, 0.25) is 0 Å². The molecule has 0 N–H and O–H groups in total. The van der Waals surface area contributed by atoms with Gasteiger partial charge < -0.3 is 0 Å². The summed E-state index contributed by atoms with van der Waals surface area (Å²) in [7, 11) is 0. The standard InChI is InChI=1S/C3HCl4F3Si/c4-2(11(5,6)7)1-3(8,9)10/h1H/b2-1+. The molecular formula is C3HCl4F3Si. The second-order valence-corrected chi connectivity index (χ2v) is 10.6. The van der Waals surface area contributed by atoms with E-state index in [1.807, 2.05) is 0 Å². The van der Waals surface area contributed by atoms with Crippen molar-refractivity contribution in [3.8, 4) is 0 Å². The Morgan fingerprint density at radius 2 is 1.55 bits per heavy atom. The van der Waals surface area contributed by atoms with Gasteiger partial charge in [0.25, 0.3) is 0 Å². The predicted molar refractivity (Wildman–Crippen MR) is 43.3 cm³/mol. The molecule has 0 nitrogen and oxygen atoms in total. The topological polar surface area (TPSA) is 0 Å². The van der Waals surface area contributed by atoms with Crippen LogP contribution in [0, 0.1) is 0 Å². The van der Waals surface area contributed by atoms with Crippen LogP contribution >= 0.6 is 44.8 Å². The predicted octanol–water partition coefficient (Wildman–Crippen LogP) is 3.87. The van der Waals surface area contributed by atoms with Crippen LogP contribution in [-0.2, 0) is 0 Å². The van der Waals surface area contributed by atoms with E-state index in [0.717, 1.165) is 0 Å². The molecule has 0 atom stereocenters. The zero-order chi connectivity index (χ0) is 9.28. The second kappa shape index (κ2) is 3.74. The molecule has 0 saturated carbocycles. The van der Waals surface area contributed by atoms with E-state index < -0.39 is 16.8 Å². The van der Waals surface area contributed by atoms with Gasteiger partial charge in [-0.05, 0) is 0 Å². The molecule has 0 aliphatic carbocycles. The van der Waals surface area contributed by atoms with Crippen LogP contribution in [0.25, 0.3) is 0 Å². The van der Waals surface area contributed by atoms with E-state index in [2.05, 4.69) is 0 Å². The number of hydrogen-bond acceptors (Lipinski definition) is 0. The summed E-state index contributed by atoms with van der Waals surface area (Å²) in [6.07, 6.45) is -4.75. The van der Waals surface area contributed by atoms with Gasteiger partial charge in [0.05, 0.1) is 4.66 Å². The van der Waals surface area contributed by atoms with E-state index in [9.17, 15) is 13.2 Å². The Labute approximate surface area is 81.0 Å². The van der Waals surface area contributed by atoms with Gasteiger partial charge in [-0.15, -0.1) is 33.2 Å². The number of hydrogen-bond donors (Lipinski definition) is 0. The molecule has 0 aromatic rings. The van der Waals surface area contributed by atoms with Crippen LogP contribution in [0.5, 0.6) is 0 Å². The molecule has 0 aromatic carbocycles. The van der Waals surface area contributed by atoms with Crippen molar-refractivity contribution < 1.29 is 13.2 Å². The Morgan fingerprint density at radius 1 is 1.18 bits per heavy atom. The average molecular weight is 264 g/mol. The molecule has 0 aromatic heterocycles. The summed E-state index contributed by atoms with van der Waals surface area (Å²) in [5, 5.41) is 0. The van der Waals surface area contributed by atoms with Crippen LogP contribution in [0.15, 0.2) is 10.7 Å². The Hall–Kier alpha value is 0.907. The fourth-order valence-corrected chi connectivity index (χ4v) is 1.17. The first-order valence-corrected chi connectivity index (χ1v) is 7.56. The van der Waals surface area contributed by atoms with E-state index in [1.54, 1.807) is 0 Å². The molecule has 0 radical (unpaired) electrons. The summed E-state index contributed by atoms with van der Waals surface area (Å²) in [6, 6.07) is -3.55. The maximum atomic E-state index is 11.5. The van der Waals surface area contributed by atoms with Gasteiger partial charge >= 0.3 is 12.2 Å². The molecule has 0 saturated heterocycles. The molecule has 0 aliphatic heterocycles. The number of halogens is 7.